The van der Waals surface area contributed by atoms with Gasteiger partial charge in [0.25, 0.3) is 0 Å². The van der Waals surface area contributed by atoms with Gasteiger partial charge in [-0.2, -0.15) is 0 Å². The van der Waals surface area contributed by atoms with E-state index in [2.05, 4.69) is 0 Å². The average Bonchev–Trinajstić information content (AvgIpc) is 2.64. The summed E-state index contributed by atoms with van der Waals surface area (Å²) in [6, 6.07) is 0. The summed E-state index contributed by atoms with van der Waals surface area (Å²) in [6.45, 7) is -1.26. The molecule has 1 fully saturated rings. The van der Waals surface area contributed by atoms with Crippen molar-refractivity contribution in [2.24, 2.45) is 0 Å². The van der Waals surface area contributed by atoms with Crippen molar-refractivity contribution < 1.29 is 40.2 Å². The summed E-state index contributed by atoms with van der Waals surface area (Å²) in [7, 11) is 0. The molecule has 1 heterocycles. The van der Waals surface area contributed by atoms with Crippen LogP contribution in [0.1, 0.15) is 6.42 Å². The summed E-state index contributed by atoms with van der Waals surface area (Å²) >= 11 is 0. The van der Waals surface area contributed by atoms with E-state index in [-0.39, 0.29) is 0 Å². The van der Waals surface area contributed by atoms with Crippen LogP contribution in [0.5, 0.6) is 0 Å². The first-order valence-electron chi connectivity index (χ1n) is 5.54. The molecule has 0 radical (unpaired) electrons. The van der Waals surface area contributed by atoms with Crippen LogP contribution < -0.4 is 0 Å². The maximum atomic E-state index is 11.7. The fourth-order valence-electron chi connectivity index (χ4n) is 1.75. The number of ketones is 1. The lowest BCUT2D eigenvalue weighted by atomic mass is 9.99. The van der Waals surface area contributed by atoms with E-state index in [1.54, 1.807) is 0 Å². The molecule has 1 rings (SSSR count). The number of ether oxygens (including phenoxy) is 1. The third-order valence-corrected chi connectivity index (χ3v) is 2.90. The maximum absolute atomic E-state index is 11.7. The summed E-state index contributed by atoms with van der Waals surface area (Å²) in [5, 5.41) is 54.8. The van der Waals surface area contributed by atoms with Crippen molar-refractivity contribution in [2.75, 3.05) is 13.2 Å². The fourth-order valence-corrected chi connectivity index (χ4v) is 1.75. The highest BCUT2D eigenvalue weighted by Gasteiger charge is 2.46. The van der Waals surface area contributed by atoms with Gasteiger partial charge < -0.3 is 35.4 Å². The molecule has 6 atom stereocenters. The quantitative estimate of drug-likeness (QED) is 0.286. The Bertz CT molecular complexity index is 283. The Balaban J connectivity index is 2.57. The van der Waals surface area contributed by atoms with E-state index in [0.29, 0.717) is 0 Å². The van der Waals surface area contributed by atoms with Crippen LogP contribution >= 0.6 is 0 Å². The Kier molecular flexibility index (Phi) is 5.60. The number of aliphatic hydroxyl groups is 6. The zero-order valence-corrected chi connectivity index (χ0v) is 9.59. The highest BCUT2D eigenvalue weighted by molar-refractivity contribution is 5.84. The standard InChI is InChI=1S/C10H18O8/c11-2-6(15)4(13)1-5(14)10-9(17)8(16)7(3-12)18-10/h4,6-13,15-17H,1-3H2/t4-,6+,7+,8+,9+,10?/m0/s1. The van der Waals surface area contributed by atoms with Crippen LogP contribution in [0.25, 0.3) is 0 Å². The van der Waals surface area contributed by atoms with Crippen LogP contribution in [-0.2, 0) is 9.53 Å². The van der Waals surface area contributed by atoms with Gasteiger partial charge in [-0.1, -0.05) is 0 Å². The summed E-state index contributed by atoms with van der Waals surface area (Å²) in [4.78, 5) is 11.7. The Morgan fingerprint density at radius 2 is 1.72 bits per heavy atom. The van der Waals surface area contributed by atoms with Crippen molar-refractivity contribution in [1.29, 1.82) is 0 Å². The molecule has 6 N–H and O–H groups in total. The Labute approximate surface area is 103 Å². The largest absolute Gasteiger partial charge is 0.394 e. The molecule has 1 saturated heterocycles. The summed E-state index contributed by atoms with van der Waals surface area (Å²) in [6.07, 6.45) is -8.79. The van der Waals surface area contributed by atoms with Crippen molar-refractivity contribution in [1.82, 2.24) is 0 Å². The summed E-state index contributed by atoms with van der Waals surface area (Å²) in [5.41, 5.74) is 0. The summed E-state index contributed by atoms with van der Waals surface area (Å²) in [5.74, 6) is -0.725. The third kappa shape index (κ3) is 3.23. The van der Waals surface area contributed by atoms with Crippen LogP contribution in [0.2, 0.25) is 0 Å². The monoisotopic (exact) mass is 266 g/mol. The van der Waals surface area contributed by atoms with E-state index in [4.69, 9.17) is 20.1 Å². The van der Waals surface area contributed by atoms with Gasteiger partial charge in [0.1, 0.15) is 30.5 Å². The average molecular weight is 266 g/mol. The van der Waals surface area contributed by atoms with Crippen LogP contribution in [0.15, 0.2) is 0 Å². The molecule has 0 spiro atoms. The minimum Gasteiger partial charge on any atom is -0.394 e. The second-order valence-electron chi connectivity index (χ2n) is 4.25. The van der Waals surface area contributed by atoms with Crippen LogP contribution in [0.4, 0.5) is 0 Å². The lowest BCUT2D eigenvalue weighted by molar-refractivity contribution is -0.138. The number of hydrogen-bond donors (Lipinski definition) is 6. The first-order valence-corrected chi connectivity index (χ1v) is 5.54. The molecule has 0 aliphatic carbocycles. The van der Waals surface area contributed by atoms with Crippen molar-refractivity contribution >= 4 is 5.78 Å². The maximum Gasteiger partial charge on any atom is 0.167 e. The van der Waals surface area contributed by atoms with E-state index < -0.39 is 62.0 Å². The van der Waals surface area contributed by atoms with Gasteiger partial charge in [0, 0.05) is 6.42 Å². The lowest BCUT2D eigenvalue weighted by Gasteiger charge is -2.18. The summed E-state index contributed by atoms with van der Waals surface area (Å²) < 4.78 is 4.96. The number of aliphatic hydroxyl groups excluding tert-OH is 6. The topological polar surface area (TPSA) is 148 Å². The van der Waals surface area contributed by atoms with Crippen molar-refractivity contribution in [3.05, 3.63) is 0 Å². The molecular formula is C10H18O8. The SMILES string of the molecule is O=C(C[C@H](O)[C@H](O)CO)C1O[C@H](CO)[C@@H](O)[C@H]1O. The van der Waals surface area contributed by atoms with E-state index in [1.807, 2.05) is 0 Å². The highest BCUT2D eigenvalue weighted by atomic mass is 16.6. The van der Waals surface area contributed by atoms with Gasteiger partial charge in [-0.25, -0.2) is 0 Å². The molecule has 8 heteroatoms. The predicted octanol–water partition coefficient (Wildman–Crippen LogP) is -3.86. The molecule has 0 saturated carbocycles. The van der Waals surface area contributed by atoms with Crippen molar-refractivity contribution in [2.45, 2.75) is 43.0 Å². The highest BCUT2D eigenvalue weighted by Crippen LogP contribution is 2.23. The second kappa shape index (κ2) is 6.53. The molecule has 1 aliphatic rings. The zero-order valence-electron chi connectivity index (χ0n) is 9.59. The normalized spacial score (nSPS) is 35.4. The van der Waals surface area contributed by atoms with Gasteiger partial charge in [0.05, 0.1) is 19.3 Å². The molecule has 0 aromatic rings. The van der Waals surface area contributed by atoms with E-state index in [9.17, 15) is 20.1 Å². The second-order valence-corrected chi connectivity index (χ2v) is 4.25. The Morgan fingerprint density at radius 3 is 2.17 bits per heavy atom. The number of hydrogen-bond acceptors (Lipinski definition) is 8. The molecule has 0 aromatic heterocycles. The minimum absolute atomic E-state index is 0.533. The van der Waals surface area contributed by atoms with Gasteiger partial charge in [-0.15, -0.1) is 0 Å². The number of carbonyl (C=O) groups excluding carboxylic acids is 1. The molecule has 18 heavy (non-hydrogen) atoms. The fraction of sp³-hybridized carbons (Fsp3) is 0.900. The molecule has 1 unspecified atom stereocenters. The zero-order chi connectivity index (χ0) is 13.9. The smallest absolute Gasteiger partial charge is 0.167 e. The number of rotatable bonds is 6. The van der Waals surface area contributed by atoms with E-state index in [0.717, 1.165) is 0 Å². The van der Waals surface area contributed by atoms with Crippen LogP contribution in [-0.4, -0.2) is 86.3 Å². The molecule has 0 aromatic carbocycles. The van der Waals surface area contributed by atoms with Gasteiger partial charge in [-0.05, 0) is 0 Å². The molecule has 8 nitrogen and oxygen atoms in total. The molecule has 106 valence electrons. The Hall–Kier alpha value is -0.610. The first kappa shape index (κ1) is 15.4. The molecule has 1 aliphatic heterocycles. The minimum atomic E-state index is -1.49. The van der Waals surface area contributed by atoms with E-state index >= 15 is 0 Å². The number of Topliss-reactive ketones (excluding diaryl/α,β-unsaturated/α-hetero) is 1. The van der Waals surface area contributed by atoms with Gasteiger partial charge in [-0.3, -0.25) is 4.79 Å². The Morgan fingerprint density at radius 1 is 1.11 bits per heavy atom. The van der Waals surface area contributed by atoms with Gasteiger partial charge in [0.2, 0.25) is 0 Å². The third-order valence-electron chi connectivity index (χ3n) is 2.90. The van der Waals surface area contributed by atoms with Gasteiger partial charge >= 0.3 is 0 Å². The first-order chi connectivity index (χ1) is 8.42. The molecule has 0 bridgehead atoms. The number of carbonyl (C=O) groups is 1. The molecule has 0 amide bonds. The van der Waals surface area contributed by atoms with Gasteiger partial charge in [0.15, 0.2) is 5.78 Å². The lowest BCUT2D eigenvalue weighted by Crippen LogP contribution is -2.40. The van der Waals surface area contributed by atoms with Crippen LogP contribution in [0.3, 0.4) is 0 Å². The van der Waals surface area contributed by atoms with Crippen LogP contribution in [0, 0.1) is 0 Å². The molecular weight excluding hydrogens is 248 g/mol. The van der Waals surface area contributed by atoms with Crippen molar-refractivity contribution in [3.8, 4) is 0 Å². The van der Waals surface area contributed by atoms with E-state index in [1.165, 1.54) is 0 Å². The van der Waals surface area contributed by atoms with Crippen molar-refractivity contribution in [3.63, 3.8) is 0 Å². The predicted molar refractivity (Wildman–Crippen MR) is 56.5 cm³/mol.